The van der Waals surface area contributed by atoms with Gasteiger partial charge in [0.15, 0.2) is 0 Å². The number of ether oxygens (including phenoxy) is 1. The van der Waals surface area contributed by atoms with E-state index in [0.717, 1.165) is 23.7 Å². The standard InChI is InChI=1S/C13H22N2O2S/c1-6-17-12(16)13(2,3)10-9-18-11(14-10)7-8-15(4)5/h9H,6-8H2,1-5H3. The van der Waals surface area contributed by atoms with Crippen LogP contribution in [0, 0.1) is 0 Å². The molecule has 0 saturated heterocycles. The monoisotopic (exact) mass is 270 g/mol. The van der Waals surface area contributed by atoms with E-state index in [0.29, 0.717) is 6.61 Å². The predicted molar refractivity (Wildman–Crippen MR) is 74.0 cm³/mol. The Morgan fingerprint density at radius 2 is 2.17 bits per heavy atom. The number of esters is 1. The van der Waals surface area contributed by atoms with Gasteiger partial charge in [-0.3, -0.25) is 4.79 Å². The maximum absolute atomic E-state index is 11.9. The van der Waals surface area contributed by atoms with Gasteiger partial charge >= 0.3 is 5.97 Å². The summed E-state index contributed by atoms with van der Waals surface area (Å²) < 4.78 is 5.09. The van der Waals surface area contributed by atoms with Crippen molar-refractivity contribution in [2.45, 2.75) is 32.6 Å². The zero-order valence-electron chi connectivity index (χ0n) is 11.8. The molecule has 0 bridgehead atoms. The molecule has 18 heavy (non-hydrogen) atoms. The molecule has 1 rings (SSSR count). The minimum Gasteiger partial charge on any atom is -0.465 e. The molecule has 0 aliphatic heterocycles. The second kappa shape index (κ2) is 6.29. The van der Waals surface area contributed by atoms with Crippen molar-refractivity contribution in [1.82, 2.24) is 9.88 Å². The maximum Gasteiger partial charge on any atom is 0.317 e. The fourth-order valence-corrected chi connectivity index (χ4v) is 2.40. The van der Waals surface area contributed by atoms with E-state index >= 15 is 0 Å². The van der Waals surface area contributed by atoms with Crippen LogP contribution in [0.4, 0.5) is 0 Å². The van der Waals surface area contributed by atoms with Crippen molar-refractivity contribution in [1.29, 1.82) is 0 Å². The largest absolute Gasteiger partial charge is 0.465 e. The second-order valence-electron chi connectivity index (χ2n) is 5.03. The number of hydrogen-bond acceptors (Lipinski definition) is 5. The summed E-state index contributed by atoms with van der Waals surface area (Å²) in [6, 6.07) is 0. The number of likely N-dealkylation sites (N-methyl/N-ethyl adjacent to an activating group) is 1. The summed E-state index contributed by atoms with van der Waals surface area (Å²) >= 11 is 1.61. The summed E-state index contributed by atoms with van der Waals surface area (Å²) in [7, 11) is 4.08. The van der Waals surface area contributed by atoms with E-state index in [4.69, 9.17) is 4.74 Å². The number of nitrogens with zero attached hydrogens (tertiary/aromatic N) is 2. The topological polar surface area (TPSA) is 42.4 Å². The van der Waals surface area contributed by atoms with Crippen LogP contribution < -0.4 is 0 Å². The number of carbonyl (C=O) groups is 1. The molecule has 0 aromatic carbocycles. The van der Waals surface area contributed by atoms with E-state index < -0.39 is 5.41 Å². The molecule has 1 heterocycles. The van der Waals surface area contributed by atoms with Gasteiger partial charge in [0, 0.05) is 18.3 Å². The molecule has 102 valence electrons. The van der Waals surface area contributed by atoms with Crippen LogP contribution in [-0.2, 0) is 21.4 Å². The molecule has 0 amide bonds. The smallest absolute Gasteiger partial charge is 0.317 e. The Balaban J connectivity index is 2.74. The third-order valence-corrected chi connectivity index (χ3v) is 3.66. The maximum atomic E-state index is 11.9. The fraction of sp³-hybridized carbons (Fsp3) is 0.692. The SMILES string of the molecule is CCOC(=O)C(C)(C)c1csc(CCN(C)C)n1. The average Bonchev–Trinajstić information content (AvgIpc) is 2.75. The molecule has 5 heteroatoms. The van der Waals surface area contributed by atoms with Gasteiger partial charge in [0.25, 0.3) is 0 Å². The van der Waals surface area contributed by atoms with Crippen molar-refractivity contribution in [3.8, 4) is 0 Å². The van der Waals surface area contributed by atoms with Crippen LogP contribution in [0.2, 0.25) is 0 Å². The molecule has 0 spiro atoms. The lowest BCUT2D eigenvalue weighted by molar-refractivity contribution is -0.148. The average molecular weight is 270 g/mol. The summed E-state index contributed by atoms with van der Waals surface area (Å²) in [5, 5.41) is 3.03. The Hall–Kier alpha value is -0.940. The zero-order valence-corrected chi connectivity index (χ0v) is 12.6. The first-order valence-corrected chi connectivity index (χ1v) is 7.02. The molecule has 4 nitrogen and oxygen atoms in total. The molecule has 0 atom stereocenters. The number of thiazole rings is 1. The fourth-order valence-electron chi connectivity index (χ4n) is 1.45. The van der Waals surface area contributed by atoms with Crippen LogP contribution in [-0.4, -0.2) is 43.1 Å². The van der Waals surface area contributed by atoms with E-state index in [1.165, 1.54) is 0 Å². The first-order chi connectivity index (χ1) is 8.37. The number of hydrogen-bond donors (Lipinski definition) is 0. The molecular weight excluding hydrogens is 248 g/mol. The molecule has 0 saturated carbocycles. The molecule has 0 aliphatic carbocycles. The normalized spacial score (nSPS) is 11.9. The lowest BCUT2D eigenvalue weighted by Gasteiger charge is -2.19. The van der Waals surface area contributed by atoms with Gasteiger partial charge in [-0.05, 0) is 34.9 Å². The molecule has 1 aromatic heterocycles. The Morgan fingerprint density at radius 1 is 1.50 bits per heavy atom. The zero-order chi connectivity index (χ0) is 13.8. The predicted octanol–water partition coefficient (Wildman–Crippen LogP) is 2.09. The van der Waals surface area contributed by atoms with Gasteiger partial charge in [0.2, 0.25) is 0 Å². The summed E-state index contributed by atoms with van der Waals surface area (Å²) in [5.41, 5.74) is 0.141. The van der Waals surface area contributed by atoms with Gasteiger partial charge in [-0.1, -0.05) is 0 Å². The highest BCUT2D eigenvalue weighted by molar-refractivity contribution is 7.09. The number of aromatic nitrogens is 1. The van der Waals surface area contributed by atoms with Crippen LogP contribution in [0.25, 0.3) is 0 Å². The van der Waals surface area contributed by atoms with Crippen molar-refractivity contribution in [2.24, 2.45) is 0 Å². The Kier molecular flexibility index (Phi) is 5.28. The van der Waals surface area contributed by atoms with Crippen molar-refractivity contribution in [3.63, 3.8) is 0 Å². The molecule has 0 N–H and O–H groups in total. The minimum absolute atomic E-state index is 0.213. The van der Waals surface area contributed by atoms with Gasteiger partial charge < -0.3 is 9.64 Å². The molecule has 0 aliphatic rings. The van der Waals surface area contributed by atoms with Crippen molar-refractivity contribution in [2.75, 3.05) is 27.2 Å². The Morgan fingerprint density at radius 3 is 2.72 bits per heavy atom. The number of rotatable bonds is 6. The van der Waals surface area contributed by atoms with Crippen LogP contribution in [0.3, 0.4) is 0 Å². The van der Waals surface area contributed by atoms with Crippen LogP contribution in [0.15, 0.2) is 5.38 Å². The first-order valence-electron chi connectivity index (χ1n) is 6.14. The summed E-state index contributed by atoms with van der Waals surface area (Å²) in [6.45, 7) is 6.90. The van der Waals surface area contributed by atoms with E-state index in [9.17, 15) is 4.79 Å². The third-order valence-electron chi connectivity index (χ3n) is 2.75. The van der Waals surface area contributed by atoms with E-state index in [-0.39, 0.29) is 5.97 Å². The second-order valence-corrected chi connectivity index (χ2v) is 5.97. The van der Waals surface area contributed by atoms with E-state index in [1.54, 1.807) is 11.3 Å². The van der Waals surface area contributed by atoms with Crippen LogP contribution >= 0.6 is 11.3 Å². The highest BCUT2D eigenvalue weighted by Gasteiger charge is 2.33. The van der Waals surface area contributed by atoms with Crippen LogP contribution in [0.5, 0.6) is 0 Å². The lowest BCUT2D eigenvalue weighted by atomic mass is 9.90. The highest BCUT2D eigenvalue weighted by Crippen LogP contribution is 2.26. The Bertz CT molecular complexity index is 399. The van der Waals surface area contributed by atoms with E-state index in [1.807, 2.05) is 40.2 Å². The van der Waals surface area contributed by atoms with Gasteiger partial charge in [-0.2, -0.15) is 0 Å². The molecular formula is C13H22N2O2S. The van der Waals surface area contributed by atoms with Crippen molar-refractivity contribution < 1.29 is 9.53 Å². The quantitative estimate of drug-likeness (QED) is 0.742. The summed E-state index contributed by atoms with van der Waals surface area (Å²) in [5.74, 6) is -0.213. The highest BCUT2D eigenvalue weighted by atomic mass is 32.1. The summed E-state index contributed by atoms with van der Waals surface area (Å²) in [4.78, 5) is 18.5. The lowest BCUT2D eigenvalue weighted by Crippen LogP contribution is -2.31. The van der Waals surface area contributed by atoms with Gasteiger partial charge in [-0.15, -0.1) is 11.3 Å². The number of carbonyl (C=O) groups excluding carboxylic acids is 1. The van der Waals surface area contributed by atoms with Gasteiger partial charge in [-0.25, -0.2) is 4.98 Å². The third kappa shape index (κ3) is 3.78. The minimum atomic E-state index is -0.664. The molecule has 0 fully saturated rings. The molecule has 0 radical (unpaired) electrons. The summed E-state index contributed by atoms with van der Waals surface area (Å²) in [6.07, 6.45) is 0.913. The van der Waals surface area contributed by atoms with Crippen molar-refractivity contribution in [3.05, 3.63) is 16.1 Å². The van der Waals surface area contributed by atoms with Crippen molar-refractivity contribution >= 4 is 17.3 Å². The molecule has 1 aromatic rings. The molecule has 0 unspecified atom stereocenters. The Labute approximate surface area is 113 Å². The van der Waals surface area contributed by atoms with Crippen LogP contribution in [0.1, 0.15) is 31.5 Å². The van der Waals surface area contributed by atoms with Gasteiger partial charge in [0.05, 0.1) is 17.3 Å². The first kappa shape index (κ1) is 15.1. The van der Waals surface area contributed by atoms with Gasteiger partial charge in [0.1, 0.15) is 5.41 Å². The van der Waals surface area contributed by atoms with E-state index in [2.05, 4.69) is 9.88 Å².